The van der Waals surface area contributed by atoms with E-state index in [1.807, 2.05) is 32.9 Å². The van der Waals surface area contributed by atoms with Gasteiger partial charge < -0.3 is 0 Å². The molecule has 0 saturated heterocycles. The van der Waals surface area contributed by atoms with E-state index in [-0.39, 0.29) is 6.04 Å². The zero-order valence-corrected chi connectivity index (χ0v) is 16.7. The van der Waals surface area contributed by atoms with Crippen molar-refractivity contribution in [1.29, 1.82) is 0 Å². The summed E-state index contributed by atoms with van der Waals surface area (Å²) in [5.74, 6) is 0. The van der Waals surface area contributed by atoms with Crippen LogP contribution in [0.3, 0.4) is 0 Å². The molecule has 0 spiro atoms. The molecule has 4 nitrogen and oxygen atoms in total. The molecule has 2 atom stereocenters. The first-order chi connectivity index (χ1) is 12.3. The summed E-state index contributed by atoms with van der Waals surface area (Å²) in [5.41, 5.74) is 6.55. The van der Waals surface area contributed by atoms with Gasteiger partial charge in [0.2, 0.25) is 10.0 Å². The van der Waals surface area contributed by atoms with Gasteiger partial charge in [0.15, 0.2) is 0 Å². The number of likely N-dealkylation sites (N-methyl/N-ethyl adjacent to an activating group) is 1. The van der Waals surface area contributed by atoms with E-state index in [2.05, 4.69) is 34.9 Å². The summed E-state index contributed by atoms with van der Waals surface area (Å²) in [5, 5.41) is 0. The van der Waals surface area contributed by atoms with Crippen LogP contribution in [-0.2, 0) is 16.4 Å². The highest BCUT2D eigenvalue weighted by Gasteiger charge is 2.39. The molecule has 1 aliphatic heterocycles. The second-order valence-electron chi connectivity index (χ2n) is 7.80. The largest absolute Gasteiger partial charge is 0.299 e. The third-order valence-corrected chi connectivity index (χ3v) is 7.61. The Labute approximate surface area is 156 Å². The van der Waals surface area contributed by atoms with Crippen LogP contribution < -0.4 is 4.72 Å². The van der Waals surface area contributed by atoms with Crippen molar-refractivity contribution in [3.8, 4) is 0 Å². The number of nitrogens with one attached hydrogen (secondary N) is 1. The fourth-order valence-electron chi connectivity index (χ4n) is 4.83. The van der Waals surface area contributed by atoms with E-state index in [4.69, 9.17) is 0 Å². The van der Waals surface area contributed by atoms with Gasteiger partial charge in [0.05, 0.1) is 4.90 Å². The molecule has 2 aromatic rings. The lowest BCUT2D eigenvalue weighted by Gasteiger charge is -2.31. The topological polar surface area (TPSA) is 49.4 Å². The Morgan fingerprint density at radius 2 is 1.81 bits per heavy atom. The SMILES string of the molecule is Cc1cc(C)c(S(=O)(=O)NC2CC3c4c(cccc42)CCN3C)c(C)c1. The molecule has 1 heterocycles. The van der Waals surface area contributed by atoms with Crippen LogP contribution in [0.15, 0.2) is 35.2 Å². The summed E-state index contributed by atoms with van der Waals surface area (Å²) in [6.07, 6.45) is 1.83. The molecule has 2 unspecified atom stereocenters. The Kier molecular flexibility index (Phi) is 4.21. The van der Waals surface area contributed by atoms with Crippen molar-refractivity contribution in [2.75, 3.05) is 13.6 Å². The van der Waals surface area contributed by atoms with Crippen molar-refractivity contribution in [1.82, 2.24) is 9.62 Å². The number of nitrogens with zero attached hydrogens (tertiary/aromatic N) is 1. The predicted molar refractivity (Wildman–Crippen MR) is 104 cm³/mol. The Bertz CT molecular complexity index is 958. The van der Waals surface area contributed by atoms with E-state index in [1.54, 1.807) is 0 Å². The van der Waals surface area contributed by atoms with Gasteiger partial charge in [0.1, 0.15) is 0 Å². The van der Waals surface area contributed by atoms with Gasteiger partial charge >= 0.3 is 0 Å². The first-order valence-corrected chi connectivity index (χ1v) is 10.7. The minimum Gasteiger partial charge on any atom is -0.299 e. The van der Waals surface area contributed by atoms with Crippen LogP contribution in [0.4, 0.5) is 0 Å². The summed E-state index contributed by atoms with van der Waals surface area (Å²) in [4.78, 5) is 2.77. The Morgan fingerprint density at radius 3 is 2.50 bits per heavy atom. The van der Waals surface area contributed by atoms with Gasteiger partial charge in [-0.3, -0.25) is 4.90 Å². The lowest BCUT2D eigenvalue weighted by atomic mass is 9.94. The highest BCUT2D eigenvalue weighted by Crippen LogP contribution is 2.46. The number of hydrogen-bond acceptors (Lipinski definition) is 3. The van der Waals surface area contributed by atoms with Gasteiger partial charge in [-0.15, -0.1) is 0 Å². The van der Waals surface area contributed by atoms with Crippen LogP contribution in [-0.4, -0.2) is 26.9 Å². The first-order valence-electron chi connectivity index (χ1n) is 9.20. The maximum absolute atomic E-state index is 13.2. The molecule has 1 N–H and O–H groups in total. The maximum Gasteiger partial charge on any atom is 0.241 e. The van der Waals surface area contributed by atoms with Crippen LogP contribution in [0.2, 0.25) is 0 Å². The highest BCUT2D eigenvalue weighted by atomic mass is 32.2. The standard InChI is InChI=1S/C21H26N2O2S/c1-13-10-14(2)21(15(3)11-13)26(24,25)22-18-12-19-20-16(8-9-23(19)4)6-5-7-17(18)20/h5-7,10-11,18-19,22H,8-9,12H2,1-4H3. The summed E-state index contributed by atoms with van der Waals surface area (Å²) < 4.78 is 29.4. The van der Waals surface area contributed by atoms with Crippen molar-refractivity contribution < 1.29 is 8.42 Å². The molecule has 0 radical (unpaired) electrons. The maximum atomic E-state index is 13.2. The molecule has 4 rings (SSSR count). The number of hydrogen-bond donors (Lipinski definition) is 1. The molecular formula is C21H26N2O2S. The third-order valence-electron chi connectivity index (χ3n) is 5.83. The second kappa shape index (κ2) is 6.19. The number of sulfonamides is 1. The average molecular weight is 371 g/mol. The lowest BCUT2D eigenvalue weighted by molar-refractivity contribution is 0.224. The van der Waals surface area contributed by atoms with Crippen molar-refractivity contribution in [3.63, 3.8) is 0 Å². The second-order valence-corrected chi connectivity index (χ2v) is 9.45. The molecule has 5 heteroatoms. The van der Waals surface area contributed by atoms with E-state index in [0.29, 0.717) is 10.9 Å². The van der Waals surface area contributed by atoms with E-state index < -0.39 is 10.0 Å². The summed E-state index contributed by atoms with van der Waals surface area (Å²) in [6, 6.07) is 10.3. The van der Waals surface area contributed by atoms with E-state index in [9.17, 15) is 8.42 Å². The minimum absolute atomic E-state index is 0.166. The van der Waals surface area contributed by atoms with E-state index in [0.717, 1.165) is 41.6 Å². The lowest BCUT2D eigenvalue weighted by Crippen LogP contribution is -2.31. The molecule has 1 aliphatic carbocycles. The molecule has 0 saturated carbocycles. The number of rotatable bonds is 3. The number of aryl methyl sites for hydroxylation is 3. The Morgan fingerprint density at radius 1 is 1.12 bits per heavy atom. The Hall–Kier alpha value is -1.69. The van der Waals surface area contributed by atoms with Crippen LogP contribution >= 0.6 is 0 Å². The predicted octanol–water partition coefficient (Wildman–Crippen LogP) is 3.56. The number of benzene rings is 2. The van der Waals surface area contributed by atoms with Gasteiger partial charge in [0, 0.05) is 18.6 Å². The molecule has 0 aromatic heterocycles. The molecule has 0 bridgehead atoms. The van der Waals surface area contributed by atoms with Crippen molar-refractivity contribution in [2.45, 2.75) is 50.6 Å². The molecule has 0 fully saturated rings. The summed E-state index contributed by atoms with van der Waals surface area (Å²) in [7, 11) is -1.44. The molecule has 26 heavy (non-hydrogen) atoms. The summed E-state index contributed by atoms with van der Waals surface area (Å²) >= 11 is 0. The van der Waals surface area contributed by atoms with Crippen LogP contribution in [0.5, 0.6) is 0 Å². The van der Waals surface area contributed by atoms with Crippen LogP contribution in [0.25, 0.3) is 0 Å². The zero-order valence-electron chi connectivity index (χ0n) is 15.8. The highest BCUT2D eigenvalue weighted by molar-refractivity contribution is 7.89. The zero-order chi connectivity index (χ0) is 18.6. The van der Waals surface area contributed by atoms with Crippen LogP contribution in [0.1, 0.15) is 51.9 Å². The third kappa shape index (κ3) is 2.79. The summed E-state index contributed by atoms with van der Waals surface area (Å²) in [6.45, 7) is 6.77. The van der Waals surface area contributed by atoms with Crippen molar-refractivity contribution in [2.24, 2.45) is 0 Å². The van der Waals surface area contributed by atoms with Gasteiger partial charge in [-0.25, -0.2) is 13.1 Å². The van der Waals surface area contributed by atoms with Crippen LogP contribution in [0, 0.1) is 20.8 Å². The van der Waals surface area contributed by atoms with Gasteiger partial charge in [-0.2, -0.15) is 0 Å². The van der Waals surface area contributed by atoms with Gasteiger partial charge in [-0.1, -0.05) is 35.9 Å². The minimum atomic E-state index is -3.57. The fourth-order valence-corrected chi connectivity index (χ4v) is 6.51. The molecule has 0 amide bonds. The monoisotopic (exact) mass is 370 g/mol. The van der Waals surface area contributed by atoms with E-state index >= 15 is 0 Å². The normalized spacial score (nSPS) is 22.5. The Balaban J connectivity index is 1.72. The average Bonchev–Trinajstić information content (AvgIpc) is 2.90. The van der Waals surface area contributed by atoms with Crippen molar-refractivity contribution in [3.05, 3.63) is 63.7 Å². The molecule has 2 aromatic carbocycles. The molecule has 2 aliphatic rings. The molecular weight excluding hydrogens is 344 g/mol. The smallest absolute Gasteiger partial charge is 0.241 e. The first kappa shape index (κ1) is 17.7. The van der Waals surface area contributed by atoms with Crippen molar-refractivity contribution >= 4 is 10.0 Å². The van der Waals surface area contributed by atoms with E-state index in [1.165, 1.54) is 11.1 Å². The quantitative estimate of drug-likeness (QED) is 0.899. The molecule has 138 valence electrons. The van der Waals surface area contributed by atoms with Gasteiger partial charge in [0.25, 0.3) is 0 Å². The fraction of sp³-hybridized carbons (Fsp3) is 0.429. The van der Waals surface area contributed by atoms with Gasteiger partial charge in [-0.05, 0) is 68.5 Å².